The molecule has 0 saturated carbocycles. The zero-order chi connectivity index (χ0) is 13.1. The van der Waals surface area contributed by atoms with Crippen LogP contribution in [0, 0.1) is 0 Å². The smallest absolute Gasteiger partial charge is 0.273 e. The summed E-state index contributed by atoms with van der Waals surface area (Å²) >= 11 is 0. The van der Waals surface area contributed by atoms with Crippen molar-refractivity contribution in [2.24, 2.45) is 0 Å². The van der Waals surface area contributed by atoms with Crippen molar-refractivity contribution in [3.8, 4) is 0 Å². The highest BCUT2D eigenvalue weighted by Crippen LogP contribution is 2.15. The van der Waals surface area contributed by atoms with Gasteiger partial charge in [0.05, 0.1) is 0 Å². The van der Waals surface area contributed by atoms with Gasteiger partial charge in [0.2, 0.25) is 0 Å². The molecule has 2 aromatic rings. The Morgan fingerprint density at radius 1 is 1.17 bits per heavy atom. The van der Waals surface area contributed by atoms with Crippen LogP contribution in [0.1, 0.15) is 10.5 Å². The zero-order valence-electron chi connectivity index (χ0n) is 10.2. The number of hydrogen-bond donors (Lipinski definition) is 3. The molecule has 6 heteroatoms. The van der Waals surface area contributed by atoms with Crippen molar-refractivity contribution in [1.29, 1.82) is 0 Å². The van der Waals surface area contributed by atoms with Crippen LogP contribution < -0.4 is 15.8 Å². The Bertz CT molecular complexity index is 595. The summed E-state index contributed by atoms with van der Waals surface area (Å²) in [5.74, 6) is -0.356. The number of benzene rings is 1. The number of amides is 1. The van der Waals surface area contributed by atoms with Crippen LogP contribution in [0.3, 0.4) is 0 Å². The van der Waals surface area contributed by atoms with Gasteiger partial charge in [-0.1, -0.05) is 0 Å². The predicted octanol–water partition coefficient (Wildman–Crippen LogP) is 1.02. The predicted molar refractivity (Wildman–Crippen MR) is 70.1 cm³/mol. The van der Waals surface area contributed by atoms with E-state index in [-0.39, 0.29) is 17.2 Å². The average molecular weight is 246 g/mol. The molecule has 0 aliphatic heterocycles. The molecule has 1 aromatic carbocycles. The van der Waals surface area contributed by atoms with Crippen molar-refractivity contribution in [3.63, 3.8) is 0 Å². The molecule has 0 bridgehead atoms. The fourth-order valence-corrected chi connectivity index (χ4v) is 1.50. The number of rotatable bonds is 3. The molecule has 6 nitrogen and oxygen atoms in total. The Morgan fingerprint density at radius 2 is 1.83 bits per heavy atom. The van der Waals surface area contributed by atoms with Gasteiger partial charge in [0.25, 0.3) is 11.5 Å². The number of hydrogen-bond acceptors (Lipinski definition) is 3. The van der Waals surface area contributed by atoms with Crippen LogP contribution in [-0.2, 0) is 0 Å². The highest BCUT2D eigenvalue weighted by Gasteiger charge is 2.08. The van der Waals surface area contributed by atoms with Gasteiger partial charge in [-0.2, -0.15) is 0 Å². The van der Waals surface area contributed by atoms with Gasteiger partial charge < -0.3 is 10.2 Å². The number of nitrogens with one attached hydrogen (secondary N) is 3. The third-order valence-electron chi connectivity index (χ3n) is 2.48. The molecular weight excluding hydrogens is 232 g/mol. The third-order valence-corrected chi connectivity index (χ3v) is 2.48. The molecule has 1 aromatic heterocycles. The monoisotopic (exact) mass is 246 g/mol. The van der Waals surface area contributed by atoms with Crippen molar-refractivity contribution >= 4 is 17.3 Å². The number of nitrogens with zero attached hydrogens (tertiary/aromatic N) is 1. The molecule has 0 atom stereocenters. The lowest BCUT2D eigenvalue weighted by molar-refractivity contribution is 0.102. The van der Waals surface area contributed by atoms with Gasteiger partial charge in [0, 0.05) is 31.5 Å². The minimum atomic E-state index is -0.356. The summed E-state index contributed by atoms with van der Waals surface area (Å²) in [7, 11) is 3.89. The Balaban J connectivity index is 2.10. The van der Waals surface area contributed by atoms with Crippen LogP contribution in [0.2, 0.25) is 0 Å². The van der Waals surface area contributed by atoms with Crippen molar-refractivity contribution in [3.05, 3.63) is 46.4 Å². The van der Waals surface area contributed by atoms with Crippen LogP contribution in [0.5, 0.6) is 0 Å². The number of carbonyl (C=O) groups is 1. The van der Waals surface area contributed by atoms with E-state index in [1.54, 1.807) is 12.1 Å². The molecule has 1 heterocycles. The van der Waals surface area contributed by atoms with Gasteiger partial charge in [-0.05, 0) is 24.3 Å². The van der Waals surface area contributed by atoms with E-state index in [9.17, 15) is 9.59 Å². The summed E-state index contributed by atoms with van der Waals surface area (Å²) in [6.45, 7) is 0. The second kappa shape index (κ2) is 4.79. The number of aromatic nitrogens is 2. The number of H-pyrrole nitrogens is 2. The molecule has 1 amide bonds. The van der Waals surface area contributed by atoms with Gasteiger partial charge in [-0.25, -0.2) is 0 Å². The van der Waals surface area contributed by atoms with E-state index in [0.717, 1.165) is 5.69 Å². The van der Waals surface area contributed by atoms with E-state index in [0.29, 0.717) is 5.69 Å². The minimum absolute atomic E-state index is 0.205. The SMILES string of the molecule is CN(C)c1ccc(NC(=O)c2cc(=O)[nH][nH]2)cc1. The number of aromatic amines is 2. The fourth-order valence-electron chi connectivity index (χ4n) is 1.50. The maximum Gasteiger partial charge on any atom is 0.273 e. The Morgan fingerprint density at radius 3 is 2.33 bits per heavy atom. The molecule has 2 rings (SSSR count). The van der Waals surface area contributed by atoms with Crippen LogP contribution in [0.15, 0.2) is 35.1 Å². The Hall–Kier alpha value is -2.50. The standard InChI is InChI=1S/C12H14N4O2/c1-16(2)9-5-3-8(4-6-9)13-12(18)10-7-11(17)15-14-10/h3-7H,1-2H3,(H,13,18)(H2,14,15,17). The lowest BCUT2D eigenvalue weighted by Crippen LogP contribution is -2.13. The lowest BCUT2D eigenvalue weighted by Gasteiger charge is -2.12. The van der Waals surface area contributed by atoms with E-state index < -0.39 is 0 Å². The van der Waals surface area contributed by atoms with Gasteiger partial charge in [0.1, 0.15) is 5.69 Å². The summed E-state index contributed by atoms with van der Waals surface area (Å²) in [5, 5.41) is 7.50. The van der Waals surface area contributed by atoms with E-state index in [2.05, 4.69) is 15.5 Å². The second-order valence-corrected chi connectivity index (χ2v) is 4.07. The van der Waals surface area contributed by atoms with Crippen LogP contribution >= 0.6 is 0 Å². The first-order valence-electron chi connectivity index (χ1n) is 5.42. The van der Waals surface area contributed by atoms with Crippen LogP contribution in [0.25, 0.3) is 0 Å². The maximum absolute atomic E-state index is 11.7. The van der Waals surface area contributed by atoms with E-state index in [1.165, 1.54) is 6.07 Å². The fraction of sp³-hybridized carbons (Fsp3) is 0.167. The Kier molecular flexibility index (Phi) is 3.18. The molecule has 0 aliphatic rings. The average Bonchev–Trinajstić information content (AvgIpc) is 2.76. The van der Waals surface area contributed by atoms with Gasteiger partial charge >= 0.3 is 0 Å². The third kappa shape index (κ3) is 2.60. The molecule has 0 fully saturated rings. The number of carbonyl (C=O) groups excluding carboxylic acids is 1. The zero-order valence-corrected chi connectivity index (χ0v) is 10.2. The van der Waals surface area contributed by atoms with Gasteiger partial charge in [-0.3, -0.25) is 19.8 Å². The first kappa shape index (κ1) is 12.0. The highest BCUT2D eigenvalue weighted by molar-refractivity contribution is 6.02. The molecule has 0 saturated heterocycles. The second-order valence-electron chi connectivity index (χ2n) is 4.07. The summed E-state index contributed by atoms with van der Waals surface area (Å²) in [6.07, 6.45) is 0. The number of anilines is 2. The van der Waals surface area contributed by atoms with Crippen LogP contribution in [-0.4, -0.2) is 30.2 Å². The molecule has 0 spiro atoms. The van der Waals surface area contributed by atoms with E-state index in [4.69, 9.17) is 0 Å². The van der Waals surface area contributed by atoms with Crippen molar-refractivity contribution in [1.82, 2.24) is 10.2 Å². The maximum atomic E-state index is 11.7. The van der Waals surface area contributed by atoms with Gasteiger partial charge in [-0.15, -0.1) is 0 Å². The largest absolute Gasteiger partial charge is 0.378 e. The first-order chi connectivity index (χ1) is 8.56. The van der Waals surface area contributed by atoms with E-state index in [1.807, 2.05) is 31.1 Å². The minimum Gasteiger partial charge on any atom is -0.378 e. The highest BCUT2D eigenvalue weighted by atomic mass is 16.2. The van der Waals surface area contributed by atoms with E-state index >= 15 is 0 Å². The Labute approximate surface area is 104 Å². The van der Waals surface area contributed by atoms with Crippen LogP contribution in [0.4, 0.5) is 11.4 Å². The molecule has 94 valence electrons. The summed E-state index contributed by atoms with van der Waals surface area (Å²) in [6, 6.07) is 8.62. The molecule has 18 heavy (non-hydrogen) atoms. The molecule has 0 aliphatic carbocycles. The summed E-state index contributed by atoms with van der Waals surface area (Å²) < 4.78 is 0. The topological polar surface area (TPSA) is 81.0 Å². The van der Waals surface area contributed by atoms with Crippen molar-refractivity contribution < 1.29 is 4.79 Å². The normalized spacial score (nSPS) is 10.1. The summed E-state index contributed by atoms with van der Waals surface area (Å²) in [5.41, 5.74) is 1.59. The molecule has 3 N–H and O–H groups in total. The quantitative estimate of drug-likeness (QED) is 0.756. The van der Waals surface area contributed by atoms with Crippen molar-refractivity contribution in [2.75, 3.05) is 24.3 Å². The first-order valence-corrected chi connectivity index (χ1v) is 5.42. The molecule has 0 unspecified atom stereocenters. The summed E-state index contributed by atoms with van der Waals surface area (Å²) in [4.78, 5) is 24.6. The van der Waals surface area contributed by atoms with Crippen molar-refractivity contribution in [2.45, 2.75) is 0 Å². The molecular formula is C12H14N4O2. The van der Waals surface area contributed by atoms with Gasteiger partial charge in [0.15, 0.2) is 0 Å². The molecule has 0 radical (unpaired) electrons. The lowest BCUT2D eigenvalue weighted by atomic mass is 10.2.